The molecule has 1 aromatic heterocycles. The number of hydrogen-bond donors (Lipinski definition) is 1. The maximum atomic E-state index is 12.9. The summed E-state index contributed by atoms with van der Waals surface area (Å²) < 4.78 is 43.0. The maximum absolute atomic E-state index is 12.9. The molecule has 1 N–H and O–H groups in total. The average molecular weight is 409 g/mol. The van der Waals surface area contributed by atoms with E-state index in [0.29, 0.717) is 6.54 Å². The van der Waals surface area contributed by atoms with Crippen LogP contribution in [0.3, 0.4) is 0 Å². The number of nitrogens with zero attached hydrogens (tertiary/aromatic N) is 2. The van der Waals surface area contributed by atoms with E-state index in [9.17, 15) is 22.8 Å². The van der Waals surface area contributed by atoms with Crippen LogP contribution in [0.4, 0.5) is 19.0 Å². The van der Waals surface area contributed by atoms with Gasteiger partial charge in [0.05, 0.1) is 5.56 Å². The summed E-state index contributed by atoms with van der Waals surface area (Å²) in [4.78, 5) is 26.7. The molecule has 1 saturated carbocycles. The van der Waals surface area contributed by atoms with Crippen molar-refractivity contribution in [1.29, 1.82) is 0 Å². The monoisotopic (exact) mass is 409 g/mol. The number of rotatable bonds is 6. The van der Waals surface area contributed by atoms with E-state index in [1.54, 1.807) is 0 Å². The molecule has 0 saturated heterocycles. The third kappa shape index (κ3) is 5.82. The van der Waals surface area contributed by atoms with E-state index < -0.39 is 23.6 Å². The summed E-state index contributed by atoms with van der Waals surface area (Å²) in [5, 5.41) is 6.14. The molecule has 9 heteroatoms. The Morgan fingerprint density at radius 1 is 1.10 bits per heavy atom. The topological polar surface area (TPSA) is 75.4 Å². The van der Waals surface area contributed by atoms with Gasteiger partial charge < -0.3 is 14.7 Å². The van der Waals surface area contributed by atoms with E-state index in [2.05, 4.69) is 15.0 Å². The minimum atomic E-state index is -4.47. The summed E-state index contributed by atoms with van der Waals surface area (Å²) >= 11 is 0. The number of carbonyl (C=O) groups is 2. The van der Waals surface area contributed by atoms with Gasteiger partial charge in [-0.25, -0.2) is 0 Å². The van der Waals surface area contributed by atoms with Crippen molar-refractivity contribution >= 4 is 17.6 Å². The smallest absolute Gasteiger partial charge is 0.363 e. The lowest BCUT2D eigenvalue weighted by Crippen LogP contribution is -2.41. The van der Waals surface area contributed by atoms with E-state index in [0.717, 1.165) is 56.4 Å². The fraction of sp³-hybridized carbons (Fsp3) is 0.450. The van der Waals surface area contributed by atoms with Crippen molar-refractivity contribution in [1.82, 2.24) is 10.1 Å². The molecular formula is C20H22F3N3O3. The van der Waals surface area contributed by atoms with Gasteiger partial charge in [-0.15, -0.1) is 0 Å². The first-order valence-electron chi connectivity index (χ1n) is 9.49. The molecule has 1 heterocycles. The molecule has 0 aliphatic heterocycles. The quantitative estimate of drug-likeness (QED) is 0.770. The van der Waals surface area contributed by atoms with E-state index in [-0.39, 0.29) is 23.8 Å². The van der Waals surface area contributed by atoms with E-state index in [4.69, 9.17) is 0 Å². The Morgan fingerprint density at radius 2 is 1.79 bits per heavy atom. The Bertz CT molecular complexity index is 814. The second-order valence-corrected chi connectivity index (χ2v) is 7.20. The molecule has 1 fully saturated rings. The first-order chi connectivity index (χ1) is 13.8. The Morgan fingerprint density at radius 3 is 2.38 bits per heavy atom. The molecule has 29 heavy (non-hydrogen) atoms. The lowest BCUT2D eigenvalue weighted by Gasteiger charge is -2.29. The summed E-state index contributed by atoms with van der Waals surface area (Å²) in [5.74, 6) is -0.425. The molecule has 156 valence electrons. The maximum Gasteiger partial charge on any atom is 0.416 e. The largest absolute Gasteiger partial charge is 0.416 e. The molecule has 3 rings (SSSR count). The Kier molecular flexibility index (Phi) is 6.56. The summed E-state index contributed by atoms with van der Waals surface area (Å²) in [6.07, 6.45) is 2.04. The van der Waals surface area contributed by atoms with Gasteiger partial charge in [-0.2, -0.15) is 13.2 Å². The molecular weight excluding hydrogens is 387 g/mol. The average Bonchev–Trinajstić information content (AvgIpc) is 3.20. The second-order valence-electron chi connectivity index (χ2n) is 7.20. The van der Waals surface area contributed by atoms with E-state index >= 15 is 0 Å². The van der Waals surface area contributed by atoms with Crippen LogP contribution in [0.5, 0.6) is 0 Å². The van der Waals surface area contributed by atoms with Gasteiger partial charge in [-0.3, -0.25) is 9.59 Å². The lowest BCUT2D eigenvalue weighted by atomic mass is 9.89. The number of anilines is 1. The van der Waals surface area contributed by atoms with Crippen LogP contribution in [0, 0.1) is 5.92 Å². The zero-order valence-electron chi connectivity index (χ0n) is 15.7. The highest BCUT2D eigenvalue weighted by atomic mass is 19.4. The summed E-state index contributed by atoms with van der Waals surface area (Å²) in [5.41, 5.74) is -0.709. The van der Waals surface area contributed by atoms with Crippen LogP contribution in [-0.4, -0.2) is 35.0 Å². The number of nitrogens with one attached hydrogen (secondary N) is 1. The molecule has 1 aliphatic carbocycles. The summed E-state index contributed by atoms with van der Waals surface area (Å²) in [6.45, 7) is 0.162. The minimum Gasteiger partial charge on any atom is -0.363 e. The van der Waals surface area contributed by atoms with Gasteiger partial charge in [0.25, 0.3) is 5.91 Å². The molecule has 1 aliphatic rings. The first-order valence-corrected chi connectivity index (χ1v) is 9.49. The highest BCUT2D eigenvalue weighted by Gasteiger charge is 2.31. The second kappa shape index (κ2) is 9.11. The molecule has 0 bridgehead atoms. The standard InChI is InChI=1S/C20H22F3N3O3/c21-20(22,23)16-8-6-15(7-9-16)19(28)26(12-14-4-2-1-3-5-14)13-18(27)24-17-10-11-29-25-17/h6-11,14H,1-5,12-13H2,(H,24,25,27). The van der Waals surface area contributed by atoms with Crippen molar-refractivity contribution in [2.45, 2.75) is 38.3 Å². The molecule has 1 aromatic carbocycles. The SMILES string of the molecule is O=C(CN(CC1CCCCC1)C(=O)c1ccc(C(F)(F)F)cc1)Nc1ccon1. The zero-order chi connectivity index (χ0) is 20.9. The number of alkyl halides is 3. The van der Waals surface area contributed by atoms with Crippen molar-refractivity contribution in [2.24, 2.45) is 5.92 Å². The fourth-order valence-electron chi connectivity index (χ4n) is 3.52. The number of benzene rings is 1. The normalized spacial score (nSPS) is 15.1. The fourth-order valence-corrected chi connectivity index (χ4v) is 3.52. The number of carbonyl (C=O) groups excluding carboxylic acids is 2. The number of aromatic nitrogens is 1. The Balaban J connectivity index is 1.73. The van der Waals surface area contributed by atoms with Gasteiger partial charge in [-0.05, 0) is 43.0 Å². The van der Waals surface area contributed by atoms with E-state index in [1.807, 2.05) is 0 Å². The molecule has 0 atom stereocenters. The highest BCUT2D eigenvalue weighted by Crippen LogP contribution is 2.29. The van der Waals surface area contributed by atoms with Gasteiger partial charge in [0.2, 0.25) is 5.91 Å². The van der Waals surface area contributed by atoms with Gasteiger partial charge in [0.1, 0.15) is 12.8 Å². The third-order valence-electron chi connectivity index (χ3n) is 4.99. The van der Waals surface area contributed by atoms with Crippen molar-refractivity contribution in [3.05, 3.63) is 47.7 Å². The van der Waals surface area contributed by atoms with Gasteiger partial charge in [-0.1, -0.05) is 24.4 Å². The Hall–Kier alpha value is -2.84. The van der Waals surface area contributed by atoms with Gasteiger partial charge in [0, 0.05) is 18.2 Å². The van der Waals surface area contributed by atoms with Crippen LogP contribution in [0.1, 0.15) is 48.0 Å². The number of halogens is 3. The molecule has 0 spiro atoms. The van der Waals surface area contributed by atoms with E-state index in [1.165, 1.54) is 17.2 Å². The number of hydrogen-bond acceptors (Lipinski definition) is 4. The first kappa shape index (κ1) is 20.9. The van der Waals surface area contributed by atoms with Gasteiger partial charge in [0.15, 0.2) is 5.82 Å². The van der Waals surface area contributed by atoms with Crippen LogP contribution in [0.15, 0.2) is 41.1 Å². The molecule has 0 radical (unpaired) electrons. The highest BCUT2D eigenvalue weighted by molar-refractivity contribution is 5.99. The molecule has 6 nitrogen and oxygen atoms in total. The van der Waals surface area contributed by atoms with Crippen LogP contribution in [0.2, 0.25) is 0 Å². The van der Waals surface area contributed by atoms with Crippen LogP contribution < -0.4 is 5.32 Å². The van der Waals surface area contributed by atoms with Crippen molar-refractivity contribution < 1.29 is 27.3 Å². The van der Waals surface area contributed by atoms with Crippen LogP contribution >= 0.6 is 0 Å². The van der Waals surface area contributed by atoms with Crippen molar-refractivity contribution in [2.75, 3.05) is 18.4 Å². The predicted molar refractivity (Wildman–Crippen MR) is 99.1 cm³/mol. The number of amides is 2. The molecule has 2 aromatic rings. The lowest BCUT2D eigenvalue weighted by molar-refractivity contribution is -0.137. The summed E-state index contributed by atoms with van der Waals surface area (Å²) in [6, 6.07) is 5.52. The Labute approximate surface area is 166 Å². The molecule has 2 amide bonds. The summed E-state index contributed by atoms with van der Waals surface area (Å²) in [7, 11) is 0. The predicted octanol–water partition coefficient (Wildman–Crippen LogP) is 4.35. The van der Waals surface area contributed by atoms with Crippen molar-refractivity contribution in [3.63, 3.8) is 0 Å². The zero-order valence-corrected chi connectivity index (χ0v) is 15.7. The van der Waals surface area contributed by atoms with Crippen LogP contribution in [-0.2, 0) is 11.0 Å². The van der Waals surface area contributed by atoms with Crippen LogP contribution in [0.25, 0.3) is 0 Å². The molecule has 0 unspecified atom stereocenters. The third-order valence-corrected chi connectivity index (χ3v) is 4.99. The van der Waals surface area contributed by atoms with Crippen molar-refractivity contribution in [3.8, 4) is 0 Å². The minimum absolute atomic E-state index is 0.114. The van der Waals surface area contributed by atoms with Gasteiger partial charge >= 0.3 is 6.18 Å².